The fourth-order valence-electron chi connectivity index (χ4n) is 1.41. The Bertz CT molecular complexity index is 424. The van der Waals surface area contributed by atoms with Crippen LogP contribution in [0.25, 0.3) is 0 Å². The first-order valence-electron chi connectivity index (χ1n) is 5.11. The highest BCUT2D eigenvalue weighted by Crippen LogP contribution is 2.33. The van der Waals surface area contributed by atoms with Gasteiger partial charge in [0.1, 0.15) is 6.04 Å². The van der Waals surface area contributed by atoms with Gasteiger partial charge in [0.25, 0.3) is 0 Å². The Hall–Kier alpha value is -1.40. The molecular weight excluding hydrogens is 242 g/mol. The maximum absolute atomic E-state index is 10.5. The van der Waals surface area contributed by atoms with Gasteiger partial charge in [-0.05, 0) is 17.7 Å². The van der Waals surface area contributed by atoms with E-state index >= 15 is 0 Å². The van der Waals surface area contributed by atoms with Gasteiger partial charge in [-0.25, -0.2) is 0 Å². The van der Waals surface area contributed by atoms with E-state index in [9.17, 15) is 4.79 Å². The second kappa shape index (κ2) is 5.29. The minimum absolute atomic E-state index is 0.260. The molecule has 0 spiro atoms. The zero-order valence-corrected chi connectivity index (χ0v) is 9.90. The van der Waals surface area contributed by atoms with Crippen molar-refractivity contribution in [3.05, 3.63) is 23.8 Å². The van der Waals surface area contributed by atoms with Crippen molar-refractivity contribution in [1.82, 2.24) is 0 Å². The van der Waals surface area contributed by atoms with E-state index in [1.165, 1.54) is 11.8 Å². The van der Waals surface area contributed by atoms with Crippen LogP contribution in [0.3, 0.4) is 0 Å². The van der Waals surface area contributed by atoms with Crippen LogP contribution in [0.4, 0.5) is 0 Å². The molecule has 1 aliphatic heterocycles. The molecule has 2 rings (SSSR count). The summed E-state index contributed by atoms with van der Waals surface area (Å²) in [5.41, 5.74) is 6.47. The Kier molecular flexibility index (Phi) is 3.75. The number of carbonyl (C=O) groups is 1. The number of fused-ring (bicyclic) bond motifs is 1. The molecule has 6 heteroatoms. The lowest BCUT2D eigenvalue weighted by Crippen LogP contribution is -2.32. The smallest absolute Gasteiger partial charge is 0.321 e. The lowest BCUT2D eigenvalue weighted by Gasteiger charge is -2.06. The molecule has 0 aliphatic carbocycles. The molecule has 0 aromatic heterocycles. The van der Waals surface area contributed by atoms with Crippen molar-refractivity contribution in [3.63, 3.8) is 0 Å². The normalized spacial score (nSPS) is 14.6. The molecule has 0 bridgehead atoms. The van der Waals surface area contributed by atoms with E-state index in [4.69, 9.17) is 20.3 Å². The monoisotopic (exact) mass is 255 g/mol. The number of ether oxygens (including phenoxy) is 2. The quantitative estimate of drug-likeness (QED) is 0.818. The summed E-state index contributed by atoms with van der Waals surface area (Å²) in [6.07, 6.45) is 0. The standard InChI is InChI=1S/C11H13NO4S/c12-8(11(13)14)5-17-4-7-1-2-9-10(3-7)16-6-15-9/h1-3,8H,4-6,12H2,(H,13,14)/t8-/m1/s1. The average Bonchev–Trinajstić information content (AvgIpc) is 2.75. The molecule has 1 aliphatic rings. The molecule has 0 unspecified atom stereocenters. The van der Waals surface area contributed by atoms with E-state index in [2.05, 4.69) is 0 Å². The van der Waals surface area contributed by atoms with Crippen molar-refractivity contribution in [2.24, 2.45) is 5.73 Å². The Balaban J connectivity index is 1.85. The number of benzene rings is 1. The van der Waals surface area contributed by atoms with Crippen molar-refractivity contribution in [2.75, 3.05) is 12.5 Å². The van der Waals surface area contributed by atoms with Crippen LogP contribution < -0.4 is 15.2 Å². The van der Waals surface area contributed by atoms with Gasteiger partial charge in [-0.15, -0.1) is 0 Å². The molecule has 0 saturated carbocycles. The topological polar surface area (TPSA) is 81.8 Å². The van der Waals surface area contributed by atoms with E-state index in [-0.39, 0.29) is 6.79 Å². The van der Waals surface area contributed by atoms with Crippen LogP contribution in [-0.2, 0) is 10.5 Å². The van der Waals surface area contributed by atoms with Crippen LogP contribution in [0.15, 0.2) is 18.2 Å². The number of hydrogen-bond donors (Lipinski definition) is 2. The van der Waals surface area contributed by atoms with Gasteiger partial charge in [0.15, 0.2) is 11.5 Å². The molecule has 0 saturated heterocycles. The molecule has 1 aromatic carbocycles. The van der Waals surface area contributed by atoms with Crippen LogP contribution >= 0.6 is 11.8 Å². The summed E-state index contributed by atoms with van der Waals surface area (Å²) in [6, 6.07) is 4.89. The van der Waals surface area contributed by atoms with Crippen molar-refractivity contribution < 1.29 is 19.4 Å². The SMILES string of the molecule is N[C@H](CSCc1ccc2c(c1)OCO2)C(=O)O. The van der Waals surface area contributed by atoms with E-state index in [1.807, 2.05) is 18.2 Å². The first kappa shape index (κ1) is 12.1. The van der Waals surface area contributed by atoms with Crippen LogP contribution in [0.5, 0.6) is 11.5 Å². The second-order valence-corrected chi connectivity index (χ2v) is 4.68. The van der Waals surface area contributed by atoms with Gasteiger partial charge in [-0.3, -0.25) is 4.79 Å². The third kappa shape index (κ3) is 3.04. The summed E-state index contributed by atoms with van der Waals surface area (Å²) in [5, 5.41) is 8.63. The summed E-state index contributed by atoms with van der Waals surface area (Å²) < 4.78 is 10.5. The third-order valence-corrected chi connectivity index (χ3v) is 3.45. The highest BCUT2D eigenvalue weighted by atomic mass is 32.2. The third-order valence-electron chi connectivity index (χ3n) is 2.32. The average molecular weight is 255 g/mol. The number of thioether (sulfide) groups is 1. The number of rotatable bonds is 5. The van der Waals surface area contributed by atoms with Crippen molar-refractivity contribution in [1.29, 1.82) is 0 Å². The van der Waals surface area contributed by atoms with Crippen molar-refractivity contribution >= 4 is 17.7 Å². The highest BCUT2D eigenvalue weighted by molar-refractivity contribution is 7.98. The lowest BCUT2D eigenvalue weighted by molar-refractivity contribution is -0.137. The lowest BCUT2D eigenvalue weighted by atomic mass is 10.2. The molecule has 17 heavy (non-hydrogen) atoms. The summed E-state index contributed by atoms with van der Waals surface area (Å²) in [6.45, 7) is 0.260. The van der Waals surface area contributed by atoms with Crippen molar-refractivity contribution in [2.45, 2.75) is 11.8 Å². The number of aliphatic carboxylic acids is 1. The minimum Gasteiger partial charge on any atom is -0.480 e. The molecule has 1 atom stereocenters. The van der Waals surface area contributed by atoms with Gasteiger partial charge in [0, 0.05) is 11.5 Å². The summed E-state index contributed by atoms with van der Waals surface area (Å²) in [5.74, 6) is 1.62. The van der Waals surface area contributed by atoms with Crippen LogP contribution in [0, 0.1) is 0 Å². The molecule has 1 heterocycles. The first-order chi connectivity index (χ1) is 8.16. The van der Waals surface area contributed by atoms with E-state index < -0.39 is 12.0 Å². The summed E-state index contributed by atoms with van der Waals surface area (Å²) in [4.78, 5) is 10.5. The Morgan fingerprint density at radius 1 is 1.47 bits per heavy atom. The Labute approximate surface area is 103 Å². The molecular formula is C11H13NO4S. The fourth-order valence-corrected chi connectivity index (χ4v) is 2.34. The van der Waals surface area contributed by atoms with Gasteiger partial charge < -0.3 is 20.3 Å². The van der Waals surface area contributed by atoms with Crippen LogP contribution in [-0.4, -0.2) is 29.7 Å². The number of carboxylic acid groups (broad SMARTS) is 1. The largest absolute Gasteiger partial charge is 0.480 e. The fraction of sp³-hybridized carbons (Fsp3) is 0.364. The van der Waals surface area contributed by atoms with Gasteiger partial charge in [-0.1, -0.05) is 6.07 Å². The Morgan fingerprint density at radius 2 is 2.24 bits per heavy atom. The summed E-state index contributed by atoms with van der Waals surface area (Å²) >= 11 is 1.49. The van der Waals surface area contributed by atoms with Crippen molar-refractivity contribution in [3.8, 4) is 11.5 Å². The zero-order chi connectivity index (χ0) is 12.3. The van der Waals surface area contributed by atoms with E-state index in [0.29, 0.717) is 11.5 Å². The molecule has 1 aromatic rings. The molecule has 0 radical (unpaired) electrons. The van der Waals surface area contributed by atoms with Crippen LogP contribution in [0.2, 0.25) is 0 Å². The molecule has 0 amide bonds. The molecule has 5 nitrogen and oxygen atoms in total. The molecule has 0 fully saturated rings. The predicted octanol–water partition coefficient (Wildman–Crippen LogP) is 1.06. The zero-order valence-electron chi connectivity index (χ0n) is 9.09. The number of nitrogens with two attached hydrogens (primary N) is 1. The maximum Gasteiger partial charge on any atom is 0.321 e. The molecule has 3 N–H and O–H groups in total. The predicted molar refractivity (Wildman–Crippen MR) is 64.3 cm³/mol. The highest BCUT2D eigenvalue weighted by Gasteiger charge is 2.14. The van der Waals surface area contributed by atoms with Gasteiger partial charge in [-0.2, -0.15) is 11.8 Å². The minimum atomic E-state index is -0.969. The number of hydrogen-bond acceptors (Lipinski definition) is 5. The maximum atomic E-state index is 10.5. The van der Waals surface area contributed by atoms with Crippen LogP contribution in [0.1, 0.15) is 5.56 Å². The van der Waals surface area contributed by atoms with Gasteiger partial charge >= 0.3 is 5.97 Å². The number of carboxylic acids is 1. The van der Waals surface area contributed by atoms with Gasteiger partial charge in [0.2, 0.25) is 6.79 Å². The summed E-state index contributed by atoms with van der Waals surface area (Å²) in [7, 11) is 0. The van der Waals surface area contributed by atoms with E-state index in [0.717, 1.165) is 17.1 Å². The Morgan fingerprint density at radius 3 is 3.00 bits per heavy atom. The first-order valence-corrected chi connectivity index (χ1v) is 6.27. The van der Waals surface area contributed by atoms with E-state index in [1.54, 1.807) is 0 Å². The van der Waals surface area contributed by atoms with Gasteiger partial charge in [0.05, 0.1) is 0 Å². The molecule has 92 valence electrons. The second-order valence-electron chi connectivity index (χ2n) is 3.65.